The van der Waals surface area contributed by atoms with Gasteiger partial charge in [-0.1, -0.05) is 6.07 Å². The Morgan fingerprint density at radius 2 is 1.95 bits per heavy atom. The van der Waals surface area contributed by atoms with Gasteiger partial charge in [-0.05, 0) is 12.1 Å². The van der Waals surface area contributed by atoms with Gasteiger partial charge in [-0.3, -0.25) is 0 Å². The normalized spacial score (nSPS) is 13.0. The molecule has 0 fully saturated rings. The van der Waals surface area contributed by atoms with Gasteiger partial charge in [-0.25, -0.2) is 8.78 Å². The van der Waals surface area contributed by atoms with Crippen LogP contribution in [0.4, 0.5) is 22.0 Å². The largest absolute Gasteiger partial charge is 0.486 e. The predicted molar refractivity (Wildman–Crippen MR) is 62.8 cm³/mol. The van der Waals surface area contributed by atoms with Gasteiger partial charge in [0.05, 0.1) is 11.9 Å². The highest BCUT2D eigenvalue weighted by Crippen LogP contribution is 2.39. The molecule has 11 heteroatoms. The van der Waals surface area contributed by atoms with E-state index in [-0.39, 0.29) is 6.34 Å². The lowest BCUT2D eigenvalue weighted by molar-refractivity contribution is -0.140. The molecule has 0 aliphatic carbocycles. The highest BCUT2D eigenvalue weighted by atomic mass is 32.2. The molecule has 0 saturated carbocycles. The molecule has 0 aliphatic rings. The lowest BCUT2D eigenvalue weighted by Crippen LogP contribution is -2.16. The quantitative estimate of drug-likeness (QED) is 0.508. The van der Waals surface area contributed by atoms with Crippen LogP contribution < -0.4 is 10.5 Å². The fraction of sp³-hybridized carbons (Fsp3) is 0.300. The lowest BCUT2D eigenvalue weighted by Gasteiger charge is -2.15. The SMILES string of the molecule is N/C=N/S(=O)(=O)c1c(OCC(F)F)cccc1C(F)(F)F. The first kappa shape index (κ1) is 17.1. The van der Waals surface area contributed by atoms with Gasteiger partial charge in [-0.2, -0.15) is 21.6 Å². The monoisotopic (exact) mass is 332 g/mol. The number of ether oxygens (including phenoxy) is 1. The summed E-state index contributed by atoms with van der Waals surface area (Å²) in [5.41, 5.74) is 3.19. The molecular formula is C10H9F5N2O3S. The Hall–Kier alpha value is -1.91. The zero-order valence-corrected chi connectivity index (χ0v) is 11.0. The van der Waals surface area contributed by atoms with Crippen molar-refractivity contribution in [1.82, 2.24) is 0 Å². The Labute approximate surface area is 116 Å². The summed E-state index contributed by atoms with van der Waals surface area (Å²) in [4.78, 5) is -1.36. The standard InChI is InChI=1S/C10H9F5N2O3S/c11-8(12)4-20-7-3-1-2-6(10(13,14)15)9(7)21(18,19)17-5-16/h1-3,5,8H,4H2,(H2,16,17). The second-order valence-corrected chi connectivity index (χ2v) is 5.13. The average Bonchev–Trinajstić information content (AvgIpc) is 2.34. The molecule has 0 bridgehead atoms. The summed E-state index contributed by atoms with van der Waals surface area (Å²) in [7, 11) is -4.85. The number of halogens is 5. The molecule has 0 spiro atoms. The molecule has 0 radical (unpaired) electrons. The number of sulfonamides is 1. The van der Waals surface area contributed by atoms with E-state index in [2.05, 4.69) is 9.13 Å². The summed E-state index contributed by atoms with van der Waals surface area (Å²) in [5, 5.41) is 0. The van der Waals surface area contributed by atoms with Crippen molar-refractivity contribution < 1.29 is 35.1 Å². The molecule has 21 heavy (non-hydrogen) atoms. The van der Waals surface area contributed by atoms with E-state index in [0.717, 1.165) is 12.1 Å². The Morgan fingerprint density at radius 1 is 1.33 bits per heavy atom. The molecule has 0 saturated heterocycles. The van der Waals surface area contributed by atoms with Crippen molar-refractivity contribution in [1.29, 1.82) is 0 Å². The summed E-state index contributed by atoms with van der Waals surface area (Å²) in [5.74, 6) is -0.879. The number of alkyl halides is 5. The van der Waals surface area contributed by atoms with E-state index in [1.54, 1.807) is 0 Å². The lowest BCUT2D eigenvalue weighted by atomic mass is 10.2. The fourth-order valence-electron chi connectivity index (χ4n) is 1.40. The third-order valence-electron chi connectivity index (χ3n) is 2.11. The molecule has 1 aromatic carbocycles. The number of rotatable bonds is 5. The van der Waals surface area contributed by atoms with Gasteiger partial charge < -0.3 is 10.5 Å². The van der Waals surface area contributed by atoms with Crippen LogP contribution in [-0.4, -0.2) is 27.8 Å². The molecule has 1 rings (SSSR count). The van der Waals surface area contributed by atoms with Crippen LogP contribution in [0.2, 0.25) is 0 Å². The number of hydrogen-bond acceptors (Lipinski definition) is 3. The van der Waals surface area contributed by atoms with E-state index in [4.69, 9.17) is 5.73 Å². The first-order chi connectivity index (χ1) is 9.59. The van der Waals surface area contributed by atoms with Crippen LogP contribution in [0.3, 0.4) is 0 Å². The maximum Gasteiger partial charge on any atom is 0.417 e. The zero-order valence-electron chi connectivity index (χ0n) is 10.1. The van der Waals surface area contributed by atoms with Crippen LogP contribution in [0, 0.1) is 0 Å². The van der Waals surface area contributed by atoms with Crippen molar-refractivity contribution in [2.24, 2.45) is 10.1 Å². The Morgan fingerprint density at radius 3 is 2.43 bits per heavy atom. The average molecular weight is 332 g/mol. The number of nitrogens with two attached hydrogens (primary N) is 1. The van der Waals surface area contributed by atoms with Gasteiger partial charge >= 0.3 is 6.18 Å². The smallest absolute Gasteiger partial charge is 0.417 e. The first-order valence-electron chi connectivity index (χ1n) is 5.21. The van der Waals surface area contributed by atoms with E-state index in [1.807, 2.05) is 0 Å². The maximum atomic E-state index is 12.8. The number of benzene rings is 1. The maximum absolute atomic E-state index is 12.8. The highest BCUT2D eigenvalue weighted by Gasteiger charge is 2.39. The van der Waals surface area contributed by atoms with Gasteiger partial charge in [0, 0.05) is 0 Å². The third-order valence-corrected chi connectivity index (χ3v) is 3.44. The Bertz CT molecular complexity index is 628. The van der Waals surface area contributed by atoms with Crippen LogP contribution in [0.1, 0.15) is 5.56 Å². The predicted octanol–water partition coefficient (Wildman–Crippen LogP) is 2.03. The molecule has 5 nitrogen and oxygen atoms in total. The number of nitrogens with zero attached hydrogens (tertiary/aromatic N) is 1. The van der Waals surface area contributed by atoms with Gasteiger partial charge in [0.1, 0.15) is 17.3 Å². The minimum Gasteiger partial charge on any atom is -0.486 e. The van der Waals surface area contributed by atoms with E-state index < -0.39 is 45.4 Å². The Kier molecular flexibility index (Phi) is 5.10. The molecule has 0 amide bonds. The molecule has 0 unspecified atom stereocenters. The van der Waals surface area contributed by atoms with Gasteiger partial charge in [-0.15, -0.1) is 4.40 Å². The molecule has 1 aromatic rings. The van der Waals surface area contributed by atoms with Crippen molar-refractivity contribution >= 4 is 16.4 Å². The van der Waals surface area contributed by atoms with Crippen molar-refractivity contribution in [3.05, 3.63) is 23.8 Å². The molecular weight excluding hydrogens is 323 g/mol. The van der Waals surface area contributed by atoms with Crippen LogP contribution >= 0.6 is 0 Å². The summed E-state index contributed by atoms with van der Waals surface area (Å²) in [6, 6.07) is 2.11. The van der Waals surface area contributed by atoms with Crippen molar-refractivity contribution in [3.63, 3.8) is 0 Å². The minimum absolute atomic E-state index is 0.277. The van der Waals surface area contributed by atoms with E-state index in [0.29, 0.717) is 6.07 Å². The topological polar surface area (TPSA) is 81.8 Å². The highest BCUT2D eigenvalue weighted by molar-refractivity contribution is 7.90. The van der Waals surface area contributed by atoms with E-state index in [9.17, 15) is 30.4 Å². The summed E-state index contributed by atoms with van der Waals surface area (Å²) in [6.45, 7) is -1.27. The third kappa shape index (κ3) is 4.28. The van der Waals surface area contributed by atoms with Crippen molar-refractivity contribution in [2.45, 2.75) is 17.5 Å². The molecule has 2 N–H and O–H groups in total. The van der Waals surface area contributed by atoms with Crippen LogP contribution in [0.15, 0.2) is 27.5 Å². The zero-order chi connectivity index (χ0) is 16.3. The molecule has 0 aliphatic heterocycles. The Balaban J connectivity index is 3.53. The van der Waals surface area contributed by atoms with Crippen LogP contribution in [0.5, 0.6) is 5.75 Å². The second kappa shape index (κ2) is 6.24. The molecule has 118 valence electrons. The van der Waals surface area contributed by atoms with Crippen LogP contribution in [-0.2, 0) is 16.2 Å². The summed E-state index contributed by atoms with van der Waals surface area (Å²) >= 11 is 0. The molecule has 0 aromatic heterocycles. The molecule has 0 atom stereocenters. The van der Waals surface area contributed by atoms with E-state index >= 15 is 0 Å². The van der Waals surface area contributed by atoms with Gasteiger partial charge in [0.25, 0.3) is 16.4 Å². The number of hydrogen-bond donors (Lipinski definition) is 1. The van der Waals surface area contributed by atoms with Gasteiger partial charge in [0.2, 0.25) is 0 Å². The molecule has 0 heterocycles. The second-order valence-electron chi connectivity index (χ2n) is 3.56. The van der Waals surface area contributed by atoms with Crippen LogP contribution in [0.25, 0.3) is 0 Å². The summed E-state index contributed by atoms with van der Waals surface area (Å²) < 4.78 is 93.3. The summed E-state index contributed by atoms with van der Waals surface area (Å²) in [6.07, 6.45) is -7.76. The fourth-order valence-corrected chi connectivity index (χ4v) is 2.51. The van der Waals surface area contributed by atoms with E-state index in [1.165, 1.54) is 0 Å². The van der Waals surface area contributed by atoms with Crippen molar-refractivity contribution in [3.8, 4) is 5.75 Å². The minimum atomic E-state index is -5.04. The first-order valence-corrected chi connectivity index (χ1v) is 6.65. The van der Waals surface area contributed by atoms with Gasteiger partial charge in [0.15, 0.2) is 0 Å². The van der Waals surface area contributed by atoms with Crippen molar-refractivity contribution in [2.75, 3.05) is 6.61 Å².